The summed E-state index contributed by atoms with van der Waals surface area (Å²) < 4.78 is 29.2. The van der Waals surface area contributed by atoms with Gasteiger partial charge in [-0.3, -0.25) is 13.9 Å². The molecule has 1 atom stereocenters. The van der Waals surface area contributed by atoms with Gasteiger partial charge in [0.15, 0.2) is 0 Å². The van der Waals surface area contributed by atoms with Gasteiger partial charge >= 0.3 is 0 Å². The van der Waals surface area contributed by atoms with Crippen LogP contribution in [0, 0.1) is 13.8 Å². The second kappa shape index (κ2) is 14.6. The molecule has 4 rings (SSSR count). The number of nitrogens with one attached hydrogen (secondary N) is 1. The molecule has 0 aliphatic heterocycles. The van der Waals surface area contributed by atoms with Crippen LogP contribution < -0.4 is 9.62 Å². The lowest BCUT2D eigenvalue weighted by Crippen LogP contribution is -2.54. The fraction of sp³-hybridized carbons (Fsp3) is 0.394. The van der Waals surface area contributed by atoms with Crippen LogP contribution in [0.15, 0.2) is 71.6 Å². The van der Waals surface area contributed by atoms with E-state index in [9.17, 15) is 18.0 Å². The average Bonchev–Trinajstić information content (AvgIpc) is 2.99. The van der Waals surface area contributed by atoms with Crippen LogP contribution in [0.2, 0.25) is 10.0 Å². The lowest BCUT2D eigenvalue weighted by molar-refractivity contribution is -0.140. The summed E-state index contributed by atoms with van der Waals surface area (Å²) in [6.07, 6.45) is 5.44. The third-order valence-corrected chi connectivity index (χ3v) is 10.4. The van der Waals surface area contributed by atoms with E-state index in [1.807, 2.05) is 20.8 Å². The Labute approximate surface area is 265 Å². The summed E-state index contributed by atoms with van der Waals surface area (Å²) in [4.78, 5) is 29.4. The number of amides is 2. The number of carbonyl (C=O) groups excluding carboxylic acids is 2. The third-order valence-electron chi connectivity index (χ3n) is 7.93. The van der Waals surface area contributed by atoms with Crippen molar-refractivity contribution in [2.24, 2.45) is 0 Å². The predicted octanol–water partition coefficient (Wildman–Crippen LogP) is 7.06. The van der Waals surface area contributed by atoms with Crippen LogP contribution in [-0.4, -0.2) is 43.8 Å². The highest BCUT2D eigenvalue weighted by molar-refractivity contribution is 7.92. The highest BCUT2D eigenvalue weighted by Gasteiger charge is 2.34. The Balaban J connectivity index is 1.72. The Hall–Kier alpha value is -3.07. The summed E-state index contributed by atoms with van der Waals surface area (Å²) in [5.74, 6) is -0.740. The Bertz CT molecular complexity index is 1520. The highest BCUT2D eigenvalue weighted by Crippen LogP contribution is 2.29. The standard InChI is InChI=1S/C33H39Cl2N3O4S/c1-4-31(33(40)36-27-8-6-5-7-9-27)37(21-25-13-15-26(34)16-14-25)32(39)22-38(28-17-12-24(3)30(35)20-28)43(41,42)29-18-10-23(2)11-19-29/h10-20,27,31H,4-9,21-22H2,1-3H3,(H,36,40)/t31-/m0/s1. The number of rotatable bonds is 11. The number of anilines is 1. The molecule has 0 aromatic heterocycles. The minimum Gasteiger partial charge on any atom is -0.352 e. The fourth-order valence-corrected chi connectivity index (χ4v) is 7.06. The van der Waals surface area contributed by atoms with Gasteiger partial charge in [-0.05, 0) is 80.6 Å². The minimum absolute atomic E-state index is 0.0499. The van der Waals surface area contributed by atoms with Crippen molar-refractivity contribution in [1.29, 1.82) is 0 Å². The molecule has 1 saturated carbocycles. The number of nitrogens with zero attached hydrogens (tertiary/aromatic N) is 2. The number of hydrogen-bond acceptors (Lipinski definition) is 4. The quantitative estimate of drug-likeness (QED) is 0.242. The Morgan fingerprint density at radius 1 is 0.930 bits per heavy atom. The summed E-state index contributed by atoms with van der Waals surface area (Å²) in [5, 5.41) is 4.09. The van der Waals surface area contributed by atoms with Crippen LogP contribution in [0.25, 0.3) is 0 Å². The second-order valence-corrected chi connectivity index (χ2v) is 13.9. The molecule has 1 N–H and O–H groups in total. The number of hydrogen-bond donors (Lipinski definition) is 1. The fourth-order valence-electron chi connectivity index (χ4n) is 5.35. The molecular formula is C33H39Cl2N3O4S. The third kappa shape index (κ3) is 8.31. The number of halogens is 2. The van der Waals surface area contributed by atoms with E-state index >= 15 is 0 Å². The van der Waals surface area contributed by atoms with E-state index < -0.39 is 28.5 Å². The number of benzene rings is 3. The van der Waals surface area contributed by atoms with E-state index in [1.165, 1.54) is 17.0 Å². The first kappa shape index (κ1) is 32.8. The molecule has 43 heavy (non-hydrogen) atoms. The van der Waals surface area contributed by atoms with Crippen molar-refractivity contribution in [3.05, 3.63) is 93.5 Å². The minimum atomic E-state index is -4.17. The van der Waals surface area contributed by atoms with Crippen LogP contribution in [0.3, 0.4) is 0 Å². The zero-order valence-corrected chi connectivity index (χ0v) is 27.2. The van der Waals surface area contributed by atoms with Gasteiger partial charge in [-0.1, -0.05) is 85.3 Å². The molecule has 2 amide bonds. The average molecular weight is 645 g/mol. The lowest BCUT2D eigenvalue weighted by Gasteiger charge is -2.34. The largest absolute Gasteiger partial charge is 0.352 e. The Morgan fingerprint density at radius 3 is 2.19 bits per heavy atom. The predicted molar refractivity (Wildman–Crippen MR) is 173 cm³/mol. The van der Waals surface area contributed by atoms with Gasteiger partial charge < -0.3 is 10.2 Å². The zero-order chi connectivity index (χ0) is 31.1. The van der Waals surface area contributed by atoms with Gasteiger partial charge in [0, 0.05) is 22.6 Å². The summed E-state index contributed by atoms with van der Waals surface area (Å²) in [5.41, 5.74) is 2.71. The SMILES string of the molecule is CC[C@@H](C(=O)NC1CCCCC1)N(Cc1ccc(Cl)cc1)C(=O)CN(c1ccc(C)c(Cl)c1)S(=O)(=O)c1ccc(C)cc1. The van der Waals surface area contributed by atoms with Crippen molar-refractivity contribution >= 4 is 50.7 Å². The molecule has 3 aromatic carbocycles. The summed E-state index contributed by atoms with van der Waals surface area (Å²) >= 11 is 12.5. The normalized spacial score (nSPS) is 14.6. The molecule has 1 aliphatic rings. The van der Waals surface area contributed by atoms with Gasteiger partial charge in [0.1, 0.15) is 12.6 Å². The monoisotopic (exact) mass is 643 g/mol. The van der Waals surface area contributed by atoms with Crippen LogP contribution in [0.1, 0.15) is 62.1 Å². The second-order valence-electron chi connectivity index (χ2n) is 11.2. The maximum absolute atomic E-state index is 14.3. The van der Waals surface area contributed by atoms with E-state index in [-0.39, 0.29) is 29.1 Å². The van der Waals surface area contributed by atoms with Gasteiger partial charge in [0.25, 0.3) is 10.0 Å². The summed E-state index contributed by atoms with van der Waals surface area (Å²) in [6.45, 7) is 5.14. The van der Waals surface area contributed by atoms with Crippen molar-refractivity contribution in [3.63, 3.8) is 0 Å². The van der Waals surface area contributed by atoms with Gasteiger partial charge in [0.05, 0.1) is 10.6 Å². The van der Waals surface area contributed by atoms with E-state index in [2.05, 4.69) is 5.32 Å². The first-order valence-electron chi connectivity index (χ1n) is 14.7. The number of sulfonamides is 1. The highest BCUT2D eigenvalue weighted by atomic mass is 35.5. The van der Waals surface area contributed by atoms with Crippen LogP contribution in [0.5, 0.6) is 0 Å². The van der Waals surface area contributed by atoms with Crippen LogP contribution in [-0.2, 0) is 26.2 Å². The topological polar surface area (TPSA) is 86.8 Å². The Kier molecular flexibility index (Phi) is 11.2. The molecule has 7 nitrogen and oxygen atoms in total. The van der Waals surface area contributed by atoms with E-state index in [0.717, 1.165) is 53.1 Å². The molecule has 230 valence electrons. The van der Waals surface area contributed by atoms with Crippen molar-refractivity contribution in [2.75, 3.05) is 10.8 Å². The van der Waals surface area contributed by atoms with Gasteiger partial charge in [-0.15, -0.1) is 0 Å². The molecule has 0 bridgehead atoms. The van der Waals surface area contributed by atoms with Crippen LogP contribution >= 0.6 is 23.2 Å². The van der Waals surface area contributed by atoms with Crippen LogP contribution in [0.4, 0.5) is 5.69 Å². The van der Waals surface area contributed by atoms with Gasteiger partial charge in [-0.25, -0.2) is 8.42 Å². The molecule has 0 radical (unpaired) electrons. The molecular weight excluding hydrogens is 605 g/mol. The molecule has 0 saturated heterocycles. The number of carbonyl (C=O) groups is 2. The summed E-state index contributed by atoms with van der Waals surface area (Å²) in [7, 11) is -4.17. The number of aryl methyl sites for hydroxylation is 2. The van der Waals surface area contributed by atoms with Crippen molar-refractivity contribution in [3.8, 4) is 0 Å². The summed E-state index contributed by atoms with van der Waals surface area (Å²) in [6, 6.07) is 17.7. The molecule has 0 unspecified atom stereocenters. The first-order valence-corrected chi connectivity index (χ1v) is 16.9. The van der Waals surface area contributed by atoms with Crippen molar-refractivity contribution in [1.82, 2.24) is 10.2 Å². The van der Waals surface area contributed by atoms with Crippen molar-refractivity contribution < 1.29 is 18.0 Å². The van der Waals surface area contributed by atoms with E-state index in [4.69, 9.17) is 23.2 Å². The lowest BCUT2D eigenvalue weighted by atomic mass is 9.95. The smallest absolute Gasteiger partial charge is 0.264 e. The molecule has 10 heteroatoms. The molecule has 3 aromatic rings. The first-order chi connectivity index (χ1) is 20.5. The zero-order valence-electron chi connectivity index (χ0n) is 24.9. The van der Waals surface area contributed by atoms with Gasteiger partial charge in [-0.2, -0.15) is 0 Å². The molecule has 0 heterocycles. The van der Waals surface area contributed by atoms with E-state index in [0.29, 0.717) is 16.5 Å². The molecule has 1 fully saturated rings. The van der Waals surface area contributed by atoms with E-state index in [1.54, 1.807) is 54.6 Å². The maximum Gasteiger partial charge on any atom is 0.264 e. The molecule has 1 aliphatic carbocycles. The molecule has 0 spiro atoms. The maximum atomic E-state index is 14.3. The Morgan fingerprint density at radius 2 is 1.58 bits per heavy atom. The van der Waals surface area contributed by atoms with Gasteiger partial charge in [0.2, 0.25) is 11.8 Å². The van der Waals surface area contributed by atoms with Crippen molar-refractivity contribution in [2.45, 2.75) is 82.8 Å².